The molecule has 0 radical (unpaired) electrons. The van der Waals surface area contributed by atoms with Crippen LogP contribution in [-0.4, -0.2) is 48.2 Å². The lowest BCUT2D eigenvalue weighted by Gasteiger charge is -2.36. The van der Waals surface area contributed by atoms with Crippen LogP contribution in [0.15, 0.2) is 54.6 Å². The van der Waals surface area contributed by atoms with Crippen molar-refractivity contribution in [2.75, 3.05) is 29.4 Å². The van der Waals surface area contributed by atoms with Crippen LogP contribution >= 0.6 is 0 Å². The van der Waals surface area contributed by atoms with Crippen LogP contribution in [0.5, 0.6) is 0 Å². The smallest absolute Gasteiger partial charge is 0.266 e. The Balaban J connectivity index is 1.63. The Bertz CT molecular complexity index is 2100. The summed E-state index contributed by atoms with van der Waals surface area (Å²) in [5, 5.41) is 0.840. The van der Waals surface area contributed by atoms with Gasteiger partial charge in [-0.3, -0.25) is 19.2 Å². The van der Waals surface area contributed by atoms with E-state index in [9.17, 15) is 9.59 Å². The average Bonchev–Trinajstić information content (AvgIpc) is 3.15. The van der Waals surface area contributed by atoms with Gasteiger partial charge in [0, 0.05) is 34.0 Å². The molecule has 0 atom stereocenters. The van der Waals surface area contributed by atoms with Crippen LogP contribution in [0.25, 0.3) is 10.8 Å². The van der Waals surface area contributed by atoms with Gasteiger partial charge in [-0.1, -0.05) is 118 Å². The quantitative estimate of drug-likeness (QED) is 0.113. The summed E-state index contributed by atoms with van der Waals surface area (Å²) in [6, 6.07) is 17.3. The number of para-hydroxylation sites is 2. The molecular weight excluding hydrogens is 683 g/mol. The minimum absolute atomic E-state index is 0.0573. The molecule has 0 saturated heterocycles. The summed E-state index contributed by atoms with van der Waals surface area (Å²) < 4.78 is 0. The van der Waals surface area contributed by atoms with Crippen molar-refractivity contribution in [2.24, 2.45) is 0 Å². The number of unbranched alkanes of at least 4 members (excludes halogenated alkanes) is 2. The zero-order valence-corrected chi connectivity index (χ0v) is 34.6. The summed E-state index contributed by atoms with van der Waals surface area (Å²) in [5.74, 6) is -1.44. The van der Waals surface area contributed by atoms with Crippen LogP contribution in [0.1, 0.15) is 188 Å². The van der Waals surface area contributed by atoms with Crippen molar-refractivity contribution in [3.05, 3.63) is 105 Å². The highest BCUT2D eigenvalue weighted by Gasteiger charge is 2.44. The number of imide groups is 2. The maximum Gasteiger partial charge on any atom is 0.266 e. The fourth-order valence-corrected chi connectivity index (χ4v) is 8.57. The molecule has 0 fully saturated rings. The molecule has 0 bridgehead atoms. The summed E-state index contributed by atoms with van der Waals surface area (Å²) in [5.41, 5.74) is 7.20. The van der Waals surface area contributed by atoms with Crippen molar-refractivity contribution in [1.29, 1.82) is 0 Å². The maximum absolute atomic E-state index is 15.3. The lowest BCUT2D eigenvalue weighted by Crippen LogP contribution is -2.45. The van der Waals surface area contributed by atoms with Gasteiger partial charge in [-0.25, -0.2) is 9.80 Å². The molecule has 7 nitrogen and oxygen atoms in total. The van der Waals surface area contributed by atoms with Crippen LogP contribution in [-0.2, 0) is 6.42 Å². The molecule has 2 heterocycles. The van der Waals surface area contributed by atoms with E-state index in [1.54, 1.807) is 12.1 Å². The van der Waals surface area contributed by atoms with E-state index >= 15 is 9.59 Å². The molecule has 0 unspecified atom stereocenters. The van der Waals surface area contributed by atoms with Crippen molar-refractivity contribution in [3.63, 3.8) is 0 Å². The number of carbonyl (C=O) groups is 4. The molecule has 0 aromatic heterocycles. The van der Waals surface area contributed by atoms with Crippen molar-refractivity contribution in [2.45, 2.75) is 125 Å². The summed E-state index contributed by atoms with van der Waals surface area (Å²) in [6.45, 7) is 23.6. The standard InChI is InChI=1S/C48H59N3O4/c1-11-13-24-49(25-14-12-2)26-23-32-27-39-41-37(45(52)50(47(39)54)43-33(28(3)4)17-15-18-34(43)29(5)6)21-22-38-42(41)40(32)48(55)51(46(38)53)44-35(30(7)8)19-16-20-36(44)31(9)10/h15-22,27-31H,11-14,23-26H2,1-10H3. The first-order chi connectivity index (χ1) is 26.2. The van der Waals surface area contributed by atoms with Gasteiger partial charge in [0.15, 0.2) is 0 Å². The Morgan fingerprint density at radius 1 is 0.509 bits per heavy atom. The lowest BCUT2D eigenvalue weighted by molar-refractivity contribution is 0.0871. The molecular formula is C48H59N3O4. The van der Waals surface area contributed by atoms with Crippen molar-refractivity contribution < 1.29 is 19.2 Å². The highest BCUT2D eigenvalue weighted by atomic mass is 16.2. The van der Waals surface area contributed by atoms with Crippen LogP contribution in [0.3, 0.4) is 0 Å². The van der Waals surface area contributed by atoms with E-state index in [2.05, 4.69) is 74.1 Å². The lowest BCUT2D eigenvalue weighted by atomic mass is 9.81. The SMILES string of the molecule is CCCCN(CCCC)CCc1cc2c3c(ccc4c3c1C(=O)N(c1c(C(C)C)cccc1C(C)C)C4=O)C(=O)N(c1c(C(C)C)cccc1C(C)C)C2=O. The van der Waals surface area contributed by atoms with E-state index < -0.39 is 23.6 Å². The monoisotopic (exact) mass is 741 g/mol. The number of rotatable bonds is 15. The Hall–Kier alpha value is -4.62. The van der Waals surface area contributed by atoms with Crippen LogP contribution in [0.4, 0.5) is 11.4 Å². The van der Waals surface area contributed by atoms with Gasteiger partial charge in [0.2, 0.25) is 0 Å². The minimum atomic E-state index is -0.433. The predicted molar refractivity (Wildman–Crippen MR) is 225 cm³/mol. The fourth-order valence-electron chi connectivity index (χ4n) is 8.57. The Kier molecular flexibility index (Phi) is 11.8. The highest BCUT2D eigenvalue weighted by molar-refractivity contribution is 6.43. The van der Waals surface area contributed by atoms with E-state index in [0.29, 0.717) is 57.4 Å². The number of amides is 4. The molecule has 0 N–H and O–H groups in total. The number of hydrogen-bond acceptors (Lipinski definition) is 5. The number of hydrogen-bond donors (Lipinski definition) is 0. The first-order valence-electron chi connectivity index (χ1n) is 20.6. The molecule has 4 aromatic carbocycles. The van der Waals surface area contributed by atoms with E-state index in [4.69, 9.17) is 0 Å². The molecule has 2 aliphatic rings. The highest BCUT2D eigenvalue weighted by Crippen LogP contribution is 2.46. The number of anilines is 2. The van der Waals surface area contributed by atoms with E-state index in [1.165, 1.54) is 9.80 Å². The van der Waals surface area contributed by atoms with Gasteiger partial charge < -0.3 is 4.90 Å². The summed E-state index contributed by atoms with van der Waals surface area (Å²) in [4.78, 5) is 65.3. The van der Waals surface area contributed by atoms with Crippen molar-refractivity contribution in [3.8, 4) is 0 Å². The fraction of sp³-hybridized carbons (Fsp3) is 0.458. The van der Waals surface area contributed by atoms with Crippen molar-refractivity contribution in [1.82, 2.24) is 4.90 Å². The first kappa shape index (κ1) is 40.1. The summed E-state index contributed by atoms with van der Waals surface area (Å²) >= 11 is 0. The van der Waals surface area contributed by atoms with Crippen LogP contribution in [0, 0.1) is 0 Å². The van der Waals surface area contributed by atoms with Gasteiger partial charge in [-0.2, -0.15) is 0 Å². The van der Waals surface area contributed by atoms with Crippen molar-refractivity contribution >= 4 is 45.8 Å². The molecule has 0 aliphatic carbocycles. The second-order valence-corrected chi connectivity index (χ2v) is 16.7. The molecule has 2 aliphatic heterocycles. The number of benzene rings is 4. The topological polar surface area (TPSA) is 78.0 Å². The maximum atomic E-state index is 15.3. The first-order valence-corrected chi connectivity index (χ1v) is 20.6. The molecule has 0 saturated carbocycles. The van der Waals surface area contributed by atoms with Crippen LogP contribution < -0.4 is 9.80 Å². The normalized spacial score (nSPS) is 14.4. The van der Waals surface area contributed by atoms with E-state index in [-0.39, 0.29) is 23.7 Å². The molecule has 55 heavy (non-hydrogen) atoms. The van der Waals surface area contributed by atoms with E-state index in [1.807, 2.05) is 42.5 Å². The third kappa shape index (κ3) is 7.05. The minimum Gasteiger partial charge on any atom is -0.303 e. The van der Waals surface area contributed by atoms with Gasteiger partial charge in [0.1, 0.15) is 0 Å². The number of carbonyl (C=O) groups excluding carboxylic acids is 4. The van der Waals surface area contributed by atoms with Gasteiger partial charge in [-0.15, -0.1) is 0 Å². The zero-order chi connectivity index (χ0) is 39.9. The number of nitrogens with zero attached hydrogens (tertiary/aromatic N) is 3. The largest absolute Gasteiger partial charge is 0.303 e. The Morgan fingerprint density at radius 2 is 0.909 bits per heavy atom. The molecule has 4 amide bonds. The van der Waals surface area contributed by atoms with Crippen LogP contribution in [0.2, 0.25) is 0 Å². The van der Waals surface area contributed by atoms with Gasteiger partial charge in [-0.05, 0) is 102 Å². The summed E-state index contributed by atoms with van der Waals surface area (Å²) in [6.07, 6.45) is 4.82. The molecule has 7 heteroatoms. The second-order valence-electron chi connectivity index (χ2n) is 16.7. The molecule has 4 aromatic rings. The predicted octanol–water partition coefficient (Wildman–Crippen LogP) is 11.4. The molecule has 0 spiro atoms. The third-order valence-electron chi connectivity index (χ3n) is 11.6. The van der Waals surface area contributed by atoms with E-state index in [0.717, 1.165) is 66.6 Å². The van der Waals surface area contributed by atoms with Gasteiger partial charge >= 0.3 is 0 Å². The molecule has 6 rings (SSSR count). The second kappa shape index (κ2) is 16.2. The summed E-state index contributed by atoms with van der Waals surface area (Å²) in [7, 11) is 0. The van der Waals surface area contributed by atoms with Gasteiger partial charge in [0.05, 0.1) is 16.9 Å². The average molecular weight is 742 g/mol. The van der Waals surface area contributed by atoms with Gasteiger partial charge in [0.25, 0.3) is 23.6 Å². The Morgan fingerprint density at radius 3 is 1.33 bits per heavy atom. The third-order valence-corrected chi connectivity index (χ3v) is 11.6. The Labute approximate surface area is 328 Å². The molecule has 290 valence electrons. The zero-order valence-electron chi connectivity index (χ0n) is 34.6.